The molecular formula is C13H19BrFN3O2S. The minimum Gasteiger partial charge on any atom is -0.398 e. The van der Waals surface area contributed by atoms with Crippen LogP contribution in [0.5, 0.6) is 0 Å². The highest BCUT2D eigenvalue weighted by Crippen LogP contribution is 2.25. The van der Waals surface area contributed by atoms with Crippen LogP contribution in [0, 0.1) is 5.82 Å². The van der Waals surface area contributed by atoms with E-state index in [1.807, 2.05) is 0 Å². The summed E-state index contributed by atoms with van der Waals surface area (Å²) in [6.45, 7) is 3.40. The summed E-state index contributed by atoms with van der Waals surface area (Å²) in [7, 11) is -3.72. The molecule has 0 amide bonds. The van der Waals surface area contributed by atoms with Crippen molar-refractivity contribution in [3.05, 3.63) is 22.4 Å². The Balaban J connectivity index is 1.93. The zero-order valence-corrected chi connectivity index (χ0v) is 14.0. The fourth-order valence-electron chi connectivity index (χ4n) is 2.37. The third kappa shape index (κ3) is 4.38. The maximum absolute atomic E-state index is 13.3. The van der Waals surface area contributed by atoms with Crippen molar-refractivity contribution in [1.82, 2.24) is 9.62 Å². The van der Waals surface area contributed by atoms with Crippen LogP contribution in [-0.4, -0.2) is 39.5 Å². The lowest BCUT2D eigenvalue weighted by molar-refractivity contribution is 0.334. The number of rotatable bonds is 6. The van der Waals surface area contributed by atoms with Crippen LogP contribution in [-0.2, 0) is 10.0 Å². The number of anilines is 1. The molecule has 1 fully saturated rings. The molecule has 0 spiro atoms. The Morgan fingerprint density at radius 1 is 1.33 bits per heavy atom. The molecule has 1 saturated heterocycles. The Hall–Kier alpha value is -0.700. The summed E-state index contributed by atoms with van der Waals surface area (Å²) >= 11 is 2.97. The van der Waals surface area contributed by atoms with E-state index < -0.39 is 15.8 Å². The van der Waals surface area contributed by atoms with Gasteiger partial charge in [0.1, 0.15) is 10.7 Å². The van der Waals surface area contributed by atoms with E-state index in [1.165, 1.54) is 18.9 Å². The number of hydrogen-bond donors (Lipinski definition) is 2. The van der Waals surface area contributed by atoms with Crippen molar-refractivity contribution < 1.29 is 12.8 Å². The summed E-state index contributed by atoms with van der Waals surface area (Å²) in [6.07, 6.45) is 3.17. The molecule has 0 unspecified atom stereocenters. The fourth-order valence-corrected chi connectivity index (χ4v) is 4.08. The van der Waals surface area contributed by atoms with Gasteiger partial charge in [0.15, 0.2) is 0 Å². The van der Waals surface area contributed by atoms with Gasteiger partial charge in [0, 0.05) is 6.54 Å². The molecule has 1 aliphatic heterocycles. The lowest BCUT2D eigenvalue weighted by atomic mass is 10.3. The average molecular weight is 380 g/mol. The second kappa shape index (κ2) is 7.04. The van der Waals surface area contributed by atoms with Crippen molar-refractivity contribution in [3.8, 4) is 0 Å². The summed E-state index contributed by atoms with van der Waals surface area (Å²) < 4.78 is 40.2. The van der Waals surface area contributed by atoms with Gasteiger partial charge in [-0.25, -0.2) is 17.5 Å². The first-order chi connectivity index (χ1) is 9.90. The van der Waals surface area contributed by atoms with Gasteiger partial charge < -0.3 is 10.6 Å². The zero-order valence-electron chi connectivity index (χ0n) is 11.6. The quantitative estimate of drug-likeness (QED) is 0.584. The van der Waals surface area contributed by atoms with Crippen LogP contribution < -0.4 is 10.5 Å². The second-order valence-corrected chi connectivity index (χ2v) is 7.69. The van der Waals surface area contributed by atoms with Crippen LogP contribution >= 0.6 is 15.9 Å². The Labute approximate surface area is 132 Å². The van der Waals surface area contributed by atoms with Crippen LogP contribution in [0.2, 0.25) is 0 Å². The normalized spacial score (nSPS) is 16.5. The lowest BCUT2D eigenvalue weighted by Gasteiger charge is -2.15. The summed E-state index contributed by atoms with van der Waals surface area (Å²) in [5.74, 6) is -0.583. The standard InChI is InChI=1S/C13H19BrFN3O2S/c14-10-8-13(12(16)9-11(10)15)21(19,20)17-4-3-7-18-5-1-2-6-18/h8-9,17H,1-7,16H2. The second-order valence-electron chi connectivity index (χ2n) is 5.10. The number of likely N-dealkylation sites (tertiary alicyclic amines) is 1. The van der Waals surface area contributed by atoms with Crippen molar-refractivity contribution in [1.29, 1.82) is 0 Å². The van der Waals surface area contributed by atoms with Crippen molar-refractivity contribution >= 4 is 31.6 Å². The number of nitrogens with two attached hydrogens (primary N) is 1. The SMILES string of the molecule is Nc1cc(F)c(Br)cc1S(=O)(=O)NCCCN1CCCC1. The van der Waals surface area contributed by atoms with Crippen LogP contribution in [0.1, 0.15) is 19.3 Å². The van der Waals surface area contributed by atoms with Gasteiger partial charge in [-0.1, -0.05) is 0 Å². The van der Waals surface area contributed by atoms with Gasteiger partial charge in [0.25, 0.3) is 0 Å². The monoisotopic (exact) mass is 379 g/mol. The molecule has 8 heteroatoms. The highest BCUT2D eigenvalue weighted by atomic mass is 79.9. The number of nitrogens with zero attached hydrogens (tertiary/aromatic N) is 1. The van der Waals surface area contributed by atoms with Crippen molar-refractivity contribution in [2.24, 2.45) is 0 Å². The number of benzene rings is 1. The third-order valence-electron chi connectivity index (χ3n) is 3.48. The number of hydrogen-bond acceptors (Lipinski definition) is 4. The molecule has 1 aromatic carbocycles. The fraction of sp³-hybridized carbons (Fsp3) is 0.538. The van der Waals surface area contributed by atoms with Gasteiger partial charge in [-0.2, -0.15) is 0 Å². The zero-order chi connectivity index (χ0) is 15.5. The molecule has 1 heterocycles. The highest BCUT2D eigenvalue weighted by Gasteiger charge is 2.19. The molecule has 0 atom stereocenters. The van der Waals surface area contributed by atoms with E-state index in [2.05, 4.69) is 25.6 Å². The molecule has 21 heavy (non-hydrogen) atoms. The molecule has 0 radical (unpaired) electrons. The van der Waals surface area contributed by atoms with E-state index in [0.29, 0.717) is 6.54 Å². The number of nitrogens with one attached hydrogen (secondary N) is 1. The minimum atomic E-state index is -3.72. The molecule has 0 bridgehead atoms. The Bertz CT molecular complexity index is 604. The Kier molecular flexibility index (Phi) is 5.59. The number of nitrogen functional groups attached to an aromatic ring is 1. The van der Waals surface area contributed by atoms with E-state index in [-0.39, 0.29) is 15.1 Å². The highest BCUT2D eigenvalue weighted by molar-refractivity contribution is 9.10. The minimum absolute atomic E-state index is 0.0779. The van der Waals surface area contributed by atoms with Crippen molar-refractivity contribution in [3.63, 3.8) is 0 Å². The summed E-state index contributed by atoms with van der Waals surface area (Å²) in [4.78, 5) is 2.22. The van der Waals surface area contributed by atoms with Gasteiger partial charge >= 0.3 is 0 Å². The van der Waals surface area contributed by atoms with Crippen molar-refractivity contribution in [2.45, 2.75) is 24.2 Å². The molecule has 0 saturated carbocycles. The Morgan fingerprint density at radius 2 is 2.00 bits per heavy atom. The topological polar surface area (TPSA) is 75.4 Å². The van der Waals surface area contributed by atoms with Crippen molar-refractivity contribution in [2.75, 3.05) is 31.9 Å². The molecular weight excluding hydrogens is 361 g/mol. The van der Waals surface area contributed by atoms with E-state index in [1.54, 1.807) is 0 Å². The summed E-state index contributed by atoms with van der Waals surface area (Å²) in [6, 6.07) is 2.19. The molecule has 3 N–H and O–H groups in total. The molecule has 1 aliphatic rings. The number of halogens is 2. The maximum Gasteiger partial charge on any atom is 0.242 e. The largest absolute Gasteiger partial charge is 0.398 e. The molecule has 118 valence electrons. The summed E-state index contributed by atoms with van der Waals surface area (Å²) in [5, 5.41) is 0. The van der Waals surface area contributed by atoms with E-state index in [4.69, 9.17) is 5.73 Å². The summed E-state index contributed by atoms with van der Waals surface area (Å²) in [5.41, 5.74) is 5.50. The Morgan fingerprint density at radius 3 is 2.67 bits per heavy atom. The molecule has 2 rings (SSSR count). The van der Waals surface area contributed by atoms with E-state index >= 15 is 0 Å². The molecule has 1 aromatic rings. The number of sulfonamides is 1. The smallest absolute Gasteiger partial charge is 0.242 e. The van der Waals surface area contributed by atoms with Gasteiger partial charge in [0.2, 0.25) is 10.0 Å². The van der Waals surface area contributed by atoms with Gasteiger partial charge in [-0.3, -0.25) is 0 Å². The molecule has 0 aliphatic carbocycles. The van der Waals surface area contributed by atoms with Gasteiger partial charge in [-0.05, 0) is 67.0 Å². The van der Waals surface area contributed by atoms with Crippen LogP contribution in [0.25, 0.3) is 0 Å². The maximum atomic E-state index is 13.3. The first-order valence-electron chi connectivity index (χ1n) is 6.87. The molecule has 5 nitrogen and oxygen atoms in total. The predicted molar refractivity (Wildman–Crippen MR) is 84.0 cm³/mol. The lowest BCUT2D eigenvalue weighted by Crippen LogP contribution is -2.29. The predicted octanol–water partition coefficient (Wildman–Crippen LogP) is 1.93. The third-order valence-corrected chi connectivity index (χ3v) is 5.61. The van der Waals surface area contributed by atoms with Gasteiger partial charge in [-0.15, -0.1) is 0 Å². The van der Waals surface area contributed by atoms with Crippen LogP contribution in [0.3, 0.4) is 0 Å². The first-order valence-corrected chi connectivity index (χ1v) is 9.14. The van der Waals surface area contributed by atoms with E-state index in [9.17, 15) is 12.8 Å². The van der Waals surface area contributed by atoms with Gasteiger partial charge in [0.05, 0.1) is 10.2 Å². The van der Waals surface area contributed by atoms with E-state index in [0.717, 1.165) is 32.1 Å². The average Bonchev–Trinajstić information content (AvgIpc) is 2.92. The van der Waals surface area contributed by atoms with Crippen LogP contribution in [0.4, 0.5) is 10.1 Å². The first kappa shape index (κ1) is 16.7. The van der Waals surface area contributed by atoms with Crippen LogP contribution in [0.15, 0.2) is 21.5 Å². The molecule has 0 aromatic heterocycles.